The van der Waals surface area contributed by atoms with Crippen LogP contribution >= 0.6 is 0 Å². The summed E-state index contributed by atoms with van der Waals surface area (Å²) in [6, 6.07) is 4.93. The van der Waals surface area contributed by atoms with E-state index in [0.29, 0.717) is 6.29 Å². The van der Waals surface area contributed by atoms with Gasteiger partial charge in [-0.15, -0.1) is 0 Å². The number of nitrogens with zero attached hydrogens (tertiary/aromatic N) is 1. The Labute approximate surface area is 95.9 Å². The van der Waals surface area contributed by atoms with Gasteiger partial charge in [0.05, 0.1) is 11.4 Å². The number of likely N-dealkylation sites (N-methyl/N-ethyl adjacent to an activating group) is 1. The van der Waals surface area contributed by atoms with Gasteiger partial charge >= 0.3 is 0 Å². The van der Waals surface area contributed by atoms with Crippen LogP contribution < -0.4 is 0 Å². The van der Waals surface area contributed by atoms with Crippen molar-refractivity contribution in [2.24, 2.45) is 0 Å². The highest BCUT2D eigenvalue weighted by atomic mass is 32.2. The number of hydrogen-bond donors (Lipinski definition) is 0. The number of hydrogen-bond acceptors (Lipinski definition) is 3. The summed E-state index contributed by atoms with van der Waals surface area (Å²) in [6.45, 7) is 3.64. The molecule has 1 aromatic rings. The zero-order valence-corrected chi connectivity index (χ0v) is 10.4. The summed E-state index contributed by atoms with van der Waals surface area (Å²) in [6.07, 6.45) is 0.568. The molecule has 0 fully saturated rings. The topological polar surface area (TPSA) is 54.5 Å². The quantitative estimate of drug-likeness (QED) is 0.742. The van der Waals surface area contributed by atoms with E-state index in [0.717, 1.165) is 15.4 Å². The van der Waals surface area contributed by atoms with E-state index in [2.05, 4.69) is 0 Å². The normalized spacial score (nSPS) is 11.8. The van der Waals surface area contributed by atoms with E-state index in [1.54, 1.807) is 18.2 Å². The molecule has 0 saturated carbocycles. The van der Waals surface area contributed by atoms with Crippen LogP contribution in [0.15, 0.2) is 23.1 Å². The van der Waals surface area contributed by atoms with E-state index >= 15 is 0 Å². The van der Waals surface area contributed by atoms with E-state index in [-0.39, 0.29) is 11.4 Å². The van der Waals surface area contributed by atoms with Crippen molar-refractivity contribution in [3.05, 3.63) is 29.3 Å². The third kappa shape index (κ3) is 2.48. The van der Waals surface area contributed by atoms with Crippen molar-refractivity contribution in [1.29, 1.82) is 0 Å². The zero-order chi connectivity index (χ0) is 12.3. The zero-order valence-electron chi connectivity index (χ0n) is 9.60. The van der Waals surface area contributed by atoms with Crippen LogP contribution in [0.5, 0.6) is 0 Å². The van der Waals surface area contributed by atoms with Crippen LogP contribution in [0.1, 0.15) is 11.1 Å². The van der Waals surface area contributed by atoms with Gasteiger partial charge in [-0.05, 0) is 37.1 Å². The van der Waals surface area contributed by atoms with Gasteiger partial charge in [0.2, 0.25) is 10.0 Å². The molecule has 0 bridgehead atoms. The highest BCUT2D eigenvalue weighted by molar-refractivity contribution is 7.89. The van der Waals surface area contributed by atoms with Crippen LogP contribution in [0.3, 0.4) is 0 Å². The van der Waals surface area contributed by atoms with Gasteiger partial charge in [0.25, 0.3) is 0 Å². The monoisotopic (exact) mass is 241 g/mol. The third-order valence-corrected chi connectivity index (χ3v) is 4.34. The molecule has 0 N–H and O–H groups in total. The highest BCUT2D eigenvalue weighted by Gasteiger charge is 2.20. The van der Waals surface area contributed by atoms with Crippen molar-refractivity contribution in [3.63, 3.8) is 0 Å². The van der Waals surface area contributed by atoms with Gasteiger partial charge in [0.1, 0.15) is 6.29 Å². The highest BCUT2D eigenvalue weighted by Crippen LogP contribution is 2.17. The molecule has 16 heavy (non-hydrogen) atoms. The van der Waals surface area contributed by atoms with E-state index in [1.807, 2.05) is 13.8 Å². The molecule has 0 unspecified atom stereocenters. The van der Waals surface area contributed by atoms with Crippen LogP contribution in [0, 0.1) is 13.8 Å². The summed E-state index contributed by atoms with van der Waals surface area (Å²) in [5.41, 5.74) is 1.96. The van der Waals surface area contributed by atoms with Crippen LogP contribution in [0.2, 0.25) is 0 Å². The molecule has 0 aromatic heterocycles. The molecule has 0 amide bonds. The first-order valence-corrected chi connectivity index (χ1v) is 6.31. The first kappa shape index (κ1) is 12.9. The van der Waals surface area contributed by atoms with Crippen LogP contribution in [-0.4, -0.2) is 32.6 Å². The summed E-state index contributed by atoms with van der Waals surface area (Å²) in [7, 11) is -2.15. The fourth-order valence-corrected chi connectivity index (χ4v) is 2.44. The third-order valence-electron chi connectivity index (χ3n) is 2.52. The smallest absolute Gasteiger partial charge is 0.243 e. The molecular formula is C11H15NO3S. The van der Waals surface area contributed by atoms with Gasteiger partial charge in [0.15, 0.2) is 0 Å². The number of aryl methyl sites for hydroxylation is 2. The van der Waals surface area contributed by atoms with Gasteiger partial charge in [-0.25, -0.2) is 8.42 Å². The first-order valence-electron chi connectivity index (χ1n) is 4.87. The molecule has 0 heterocycles. The molecule has 0 atom stereocenters. The van der Waals surface area contributed by atoms with Crippen LogP contribution in [-0.2, 0) is 14.8 Å². The predicted molar refractivity (Wildman–Crippen MR) is 61.8 cm³/mol. The summed E-state index contributed by atoms with van der Waals surface area (Å²) < 4.78 is 24.9. The minimum Gasteiger partial charge on any atom is -0.302 e. The van der Waals surface area contributed by atoms with Gasteiger partial charge in [-0.1, -0.05) is 6.07 Å². The Morgan fingerprint density at radius 3 is 2.38 bits per heavy atom. The molecule has 0 aliphatic heterocycles. The molecule has 1 aromatic carbocycles. The molecule has 0 spiro atoms. The minimum atomic E-state index is -3.54. The number of rotatable bonds is 4. The fraction of sp³-hybridized carbons (Fsp3) is 0.364. The molecule has 0 aliphatic carbocycles. The number of benzene rings is 1. The summed E-state index contributed by atoms with van der Waals surface area (Å²) in [5, 5.41) is 0. The molecular weight excluding hydrogens is 226 g/mol. The molecule has 5 heteroatoms. The van der Waals surface area contributed by atoms with E-state index < -0.39 is 10.0 Å². The Bertz CT molecular complexity index is 494. The average molecular weight is 241 g/mol. The van der Waals surface area contributed by atoms with Gasteiger partial charge in [0, 0.05) is 7.05 Å². The number of carbonyl (C=O) groups is 1. The van der Waals surface area contributed by atoms with Gasteiger partial charge < -0.3 is 4.79 Å². The number of carbonyl (C=O) groups excluding carboxylic acids is 1. The SMILES string of the molecule is Cc1ccc(S(=O)(=O)N(C)CC=O)cc1C. The van der Waals surface area contributed by atoms with Crippen molar-refractivity contribution in [3.8, 4) is 0 Å². The Kier molecular flexibility index (Phi) is 3.83. The second-order valence-electron chi connectivity index (χ2n) is 3.70. The Morgan fingerprint density at radius 1 is 1.25 bits per heavy atom. The molecule has 0 radical (unpaired) electrons. The Hall–Kier alpha value is -1.20. The van der Waals surface area contributed by atoms with Crippen molar-refractivity contribution < 1.29 is 13.2 Å². The Balaban J connectivity index is 3.17. The lowest BCUT2D eigenvalue weighted by Gasteiger charge is -2.14. The molecule has 4 nitrogen and oxygen atoms in total. The lowest BCUT2D eigenvalue weighted by molar-refractivity contribution is -0.107. The summed E-state index contributed by atoms with van der Waals surface area (Å²) in [4.78, 5) is 10.5. The number of sulfonamides is 1. The van der Waals surface area contributed by atoms with Gasteiger partial charge in [-0.3, -0.25) is 0 Å². The molecule has 88 valence electrons. The van der Waals surface area contributed by atoms with Crippen molar-refractivity contribution in [1.82, 2.24) is 4.31 Å². The lowest BCUT2D eigenvalue weighted by Crippen LogP contribution is -2.28. The first-order chi connectivity index (χ1) is 7.39. The van der Waals surface area contributed by atoms with Crippen molar-refractivity contribution in [2.75, 3.05) is 13.6 Å². The number of aldehydes is 1. The van der Waals surface area contributed by atoms with Gasteiger partial charge in [-0.2, -0.15) is 4.31 Å². The maximum Gasteiger partial charge on any atom is 0.243 e. The van der Waals surface area contributed by atoms with E-state index in [9.17, 15) is 13.2 Å². The largest absolute Gasteiger partial charge is 0.302 e. The summed E-state index contributed by atoms with van der Waals surface area (Å²) in [5.74, 6) is 0. The maximum absolute atomic E-state index is 12.0. The standard InChI is InChI=1S/C11H15NO3S/c1-9-4-5-11(8-10(9)2)16(14,15)12(3)6-7-13/h4-5,7-8H,6H2,1-3H3. The molecule has 1 rings (SSSR count). The predicted octanol–water partition coefficient (Wildman–Crippen LogP) is 1.12. The average Bonchev–Trinajstić information content (AvgIpc) is 2.22. The maximum atomic E-state index is 12.0. The van der Waals surface area contributed by atoms with Crippen LogP contribution in [0.25, 0.3) is 0 Å². The summed E-state index contributed by atoms with van der Waals surface area (Å²) >= 11 is 0. The second-order valence-corrected chi connectivity index (χ2v) is 5.74. The van der Waals surface area contributed by atoms with Crippen molar-refractivity contribution in [2.45, 2.75) is 18.7 Å². The molecule has 0 aliphatic rings. The lowest BCUT2D eigenvalue weighted by atomic mass is 10.1. The van der Waals surface area contributed by atoms with E-state index in [1.165, 1.54) is 7.05 Å². The minimum absolute atomic E-state index is 0.130. The fourth-order valence-electron chi connectivity index (χ4n) is 1.26. The van der Waals surface area contributed by atoms with Crippen LogP contribution in [0.4, 0.5) is 0 Å². The van der Waals surface area contributed by atoms with E-state index in [4.69, 9.17) is 0 Å². The molecule has 0 saturated heterocycles. The Morgan fingerprint density at radius 2 is 1.88 bits per heavy atom. The second kappa shape index (κ2) is 4.76. The van der Waals surface area contributed by atoms with Crippen molar-refractivity contribution >= 4 is 16.3 Å².